The minimum absolute atomic E-state index is 1.07. The van der Waals surface area contributed by atoms with Gasteiger partial charge in [0.05, 0.1) is 18.0 Å². The molecule has 4 nitrogen and oxygen atoms in total. The van der Waals surface area contributed by atoms with Gasteiger partial charge in [-0.3, -0.25) is 9.80 Å². The lowest BCUT2D eigenvalue weighted by Crippen LogP contribution is -2.54. The van der Waals surface area contributed by atoms with Crippen molar-refractivity contribution in [1.29, 1.82) is 0 Å². The Morgan fingerprint density at radius 3 is 1.26 bits per heavy atom. The maximum absolute atomic E-state index is 2.65. The van der Waals surface area contributed by atoms with Gasteiger partial charge in [-0.2, -0.15) is 0 Å². The first kappa shape index (κ1) is 30.1. The van der Waals surface area contributed by atoms with Crippen molar-refractivity contribution in [1.82, 2.24) is 9.80 Å². The third kappa shape index (κ3) is 7.43. The summed E-state index contributed by atoms with van der Waals surface area (Å²) in [5.41, 5.74) is 8.10. The highest BCUT2D eigenvalue weighted by Gasteiger charge is 2.24. The van der Waals surface area contributed by atoms with E-state index in [1.165, 1.54) is 53.2 Å². The van der Waals surface area contributed by atoms with Gasteiger partial charge < -0.3 is 9.80 Å². The molecule has 6 rings (SSSR count). The molecule has 2 saturated heterocycles. The second-order valence-corrected chi connectivity index (χ2v) is 14.2. The molecule has 2 heterocycles. The highest BCUT2D eigenvalue weighted by Crippen LogP contribution is 2.39. The van der Waals surface area contributed by atoms with Crippen LogP contribution in [0.2, 0.25) is 0 Å². The number of para-hydroxylation sites is 2. The van der Waals surface area contributed by atoms with Crippen LogP contribution in [0.3, 0.4) is 0 Å². The van der Waals surface area contributed by atoms with Gasteiger partial charge in [0.15, 0.2) is 0 Å². The summed E-state index contributed by atoms with van der Waals surface area (Å²) >= 11 is 3.81. The van der Waals surface area contributed by atoms with E-state index in [1.54, 1.807) is 0 Å². The number of piperazine rings is 2. The first-order chi connectivity index (χ1) is 20.9. The first-order valence-electron chi connectivity index (χ1n) is 15.6. The molecule has 0 spiro atoms. The lowest BCUT2D eigenvalue weighted by atomic mass is 10.2. The molecule has 4 aromatic rings. The molecule has 2 fully saturated rings. The molecular weight excluding hydrogens is 565 g/mol. The van der Waals surface area contributed by atoms with Crippen LogP contribution in [-0.2, 0) is 0 Å². The fraction of sp³-hybridized carbons (Fsp3) is 0.351. The Labute approximate surface area is 267 Å². The summed E-state index contributed by atoms with van der Waals surface area (Å²) in [6.07, 6.45) is 0. The summed E-state index contributed by atoms with van der Waals surface area (Å²) in [4.78, 5) is 15.9. The largest absolute Gasteiger partial charge is 0.368 e. The molecule has 0 unspecified atom stereocenters. The summed E-state index contributed by atoms with van der Waals surface area (Å²) in [6, 6.07) is 31.4. The molecule has 0 aliphatic carbocycles. The van der Waals surface area contributed by atoms with Crippen LogP contribution in [0.1, 0.15) is 22.3 Å². The lowest BCUT2D eigenvalue weighted by molar-refractivity contribution is 0.120. The van der Waals surface area contributed by atoms with E-state index in [2.05, 4.69) is 132 Å². The zero-order valence-corrected chi connectivity index (χ0v) is 27.7. The quantitative estimate of drug-likeness (QED) is 0.199. The molecule has 0 amide bonds. The van der Waals surface area contributed by atoms with E-state index in [0.29, 0.717) is 0 Å². The standard InChI is InChI=1S/C37H44N4S2/c1-28-13-15-34(30(3)25-28)42-36-11-7-5-9-32(36)40-21-17-38(18-22-40)27-39-19-23-41(24-20-39)33-10-6-8-12-37(33)43-35-16-14-29(2)26-31(35)4/h5-16,25-26H,17-24,27H2,1-4H3. The Morgan fingerprint density at radius 1 is 0.465 bits per heavy atom. The fourth-order valence-electron chi connectivity index (χ4n) is 6.22. The Morgan fingerprint density at radius 2 is 0.860 bits per heavy atom. The highest BCUT2D eigenvalue weighted by molar-refractivity contribution is 7.99. The van der Waals surface area contributed by atoms with Crippen LogP contribution in [0.15, 0.2) is 105 Å². The molecule has 0 bridgehead atoms. The molecule has 2 aliphatic rings. The second-order valence-electron chi connectivity index (χ2n) is 12.0. The van der Waals surface area contributed by atoms with Gasteiger partial charge in [-0.15, -0.1) is 0 Å². The summed E-state index contributed by atoms with van der Waals surface area (Å²) in [5, 5.41) is 0. The molecule has 0 saturated carbocycles. The lowest BCUT2D eigenvalue weighted by Gasteiger charge is -2.42. The number of aryl methyl sites for hydroxylation is 4. The van der Waals surface area contributed by atoms with E-state index in [1.807, 2.05) is 23.5 Å². The van der Waals surface area contributed by atoms with E-state index in [-0.39, 0.29) is 0 Å². The third-order valence-electron chi connectivity index (χ3n) is 8.66. The van der Waals surface area contributed by atoms with E-state index in [0.717, 1.165) is 59.0 Å². The van der Waals surface area contributed by atoms with Gasteiger partial charge >= 0.3 is 0 Å². The van der Waals surface area contributed by atoms with Crippen molar-refractivity contribution in [3.05, 3.63) is 107 Å². The van der Waals surface area contributed by atoms with Gasteiger partial charge in [-0.25, -0.2) is 0 Å². The van der Waals surface area contributed by atoms with Crippen molar-refractivity contribution >= 4 is 34.9 Å². The Balaban J connectivity index is 1.02. The summed E-state index contributed by atoms with van der Waals surface area (Å²) in [5.74, 6) is 0. The number of hydrogen-bond donors (Lipinski definition) is 0. The molecule has 0 aromatic heterocycles. The van der Waals surface area contributed by atoms with Gasteiger partial charge in [-0.1, -0.05) is 83.2 Å². The maximum Gasteiger partial charge on any atom is 0.0509 e. The van der Waals surface area contributed by atoms with Crippen LogP contribution in [-0.4, -0.2) is 68.8 Å². The molecule has 2 aliphatic heterocycles. The van der Waals surface area contributed by atoms with Gasteiger partial charge in [0.1, 0.15) is 0 Å². The van der Waals surface area contributed by atoms with Crippen molar-refractivity contribution in [2.45, 2.75) is 47.3 Å². The summed E-state index contributed by atoms with van der Waals surface area (Å²) in [7, 11) is 0. The smallest absolute Gasteiger partial charge is 0.0509 e. The predicted molar refractivity (Wildman–Crippen MR) is 185 cm³/mol. The number of nitrogens with zero attached hydrogens (tertiary/aromatic N) is 4. The minimum atomic E-state index is 1.07. The molecule has 0 N–H and O–H groups in total. The molecule has 0 radical (unpaired) electrons. The molecule has 4 aromatic carbocycles. The monoisotopic (exact) mass is 608 g/mol. The van der Waals surface area contributed by atoms with Crippen molar-refractivity contribution in [2.75, 3.05) is 68.8 Å². The SMILES string of the molecule is Cc1ccc(Sc2ccccc2N2CCN(CN3CCN(c4ccccc4Sc4ccc(C)cc4C)CC3)CC2)c(C)c1. The van der Waals surface area contributed by atoms with Gasteiger partial charge in [0, 0.05) is 71.9 Å². The topological polar surface area (TPSA) is 13.0 Å². The Hall–Kier alpha value is -2.90. The molecule has 224 valence electrons. The third-order valence-corrected chi connectivity index (χ3v) is 11.1. The molecule has 43 heavy (non-hydrogen) atoms. The van der Waals surface area contributed by atoms with E-state index >= 15 is 0 Å². The average molecular weight is 609 g/mol. The van der Waals surface area contributed by atoms with Crippen LogP contribution >= 0.6 is 23.5 Å². The van der Waals surface area contributed by atoms with Crippen LogP contribution < -0.4 is 9.80 Å². The fourth-order valence-corrected chi connectivity index (χ4v) is 8.30. The van der Waals surface area contributed by atoms with Gasteiger partial charge in [0.25, 0.3) is 0 Å². The van der Waals surface area contributed by atoms with Crippen LogP contribution in [0.4, 0.5) is 11.4 Å². The molecule has 6 heteroatoms. The molecular formula is C37H44N4S2. The zero-order valence-electron chi connectivity index (χ0n) is 26.1. The number of rotatable bonds is 8. The van der Waals surface area contributed by atoms with Crippen LogP contribution in [0.5, 0.6) is 0 Å². The van der Waals surface area contributed by atoms with Crippen molar-refractivity contribution in [2.24, 2.45) is 0 Å². The number of hydrogen-bond acceptors (Lipinski definition) is 6. The van der Waals surface area contributed by atoms with Crippen molar-refractivity contribution in [3.63, 3.8) is 0 Å². The Bertz CT molecular complexity index is 1420. The first-order valence-corrected chi connectivity index (χ1v) is 17.2. The normalized spacial score (nSPS) is 16.6. The number of anilines is 2. The van der Waals surface area contributed by atoms with Gasteiger partial charge in [0.2, 0.25) is 0 Å². The second kappa shape index (κ2) is 13.8. The summed E-state index contributed by atoms with van der Waals surface area (Å²) < 4.78 is 0. The summed E-state index contributed by atoms with van der Waals surface area (Å²) in [6.45, 7) is 18.6. The van der Waals surface area contributed by atoms with E-state index in [4.69, 9.17) is 0 Å². The predicted octanol–water partition coefficient (Wildman–Crippen LogP) is 8.12. The highest BCUT2D eigenvalue weighted by atomic mass is 32.2. The van der Waals surface area contributed by atoms with E-state index < -0.39 is 0 Å². The maximum atomic E-state index is 2.65. The van der Waals surface area contributed by atoms with Gasteiger partial charge in [-0.05, 0) is 75.2 Å². The zero-order chi connectivity index (χ0) is 29.8. The van der Waals surface area contributed by atoms with E-state index in [9.17, 15) is 0 Å². The molecule has 0 atom stereocenters. The minimum Gasteiger partial charge on any atom is -0.368 e. The van der Waals surface area contributed by atoms with Crippen molar-refractivity contribution in [3.8, 4) is 0 Å². The average Bonchev–Trinajstić information content (AvgIpc) is 3.01. The van der Waals surface area contributed by atoms with Crippen LogP contribution in [0.25, 0.3) is 0 Å². The number of benzene rings is 4. The van der Waals surface area contributed by atoms with Crippen molar-refractivity contribution < 1.29 is 0 Å². The van der Waals surface area contributed by atoms with Crippen LogP contribution in [0, 0.1) is 27.7 Å². The Kier molecular flexibility index (Phi) is 9.68.